The lowest BCUT2D eigenvalue weighted by molar-refractivity contribution is -0.137. The normalized spacial score (nSPS) is 39.3. The molecule has 0 aliphatic heterocycles. The van der Waals surface area contributed by atoms with Gasteiger partial charge in [-0.25, -0.2) is 0 Å². The minimum Gasteiger partial charge on any atom is -0.326 e. The molecule has 5 aliphatic rings. The van der Waals surface area contributed by atoms with Gasteiger partial charge in [-0.3, -0.25) is 9.59 Å². The number of carbonyl (C=O) groups excluding carboxylic acids is 2. The number of allylic oxidation sites excluding steroid dienone is 1. The maximum absolute atomic E-state index is 13.4. The Balaban J connectivity index is 1.23. The van der Waals surface area contributed by atoms with Crippen molar-refractivity contribution < 1.29 is 22.8 Å². The summed E-state index contributed by atoms with van der Waals surface area (Å²) in [4.78, 5) is 25.7. The molecule has 0 radical (unpaired) electrons. The maximum Gasteiger partial charge on any atom is 0.416 e. The van der Waals surface area contributed by atoms with Gasteiger partial charge < -0.3 is 5.32 Å². The number of carbonyl (C=O) groups is 2. The van der Waals surface area contributed by atoms with Crippen LogP contribution in [0.5, 0.6) is 0 Å². The van der Waals surface area contributed by atoms with Gasteiger partial charge in [0.15, 0.2) is 5.78 Å². The number of halogens is 3. The Morgan fingerprint density at radius 3 is 2.34 bits per heavy atom. The molecule has 6 atom stereocenters. The van der Waals surface area contributed by atoms with Crippen molar-refractivity contribution in [3.63, 3.8) is 0 Å². The van der Waals surface area contributed by atoms with E-state index in [1.54, 1.807) is 0 Å². The van der Waals surface area contributed by atoms with Gasteiger partial charge in [-0.05, 0) is 116 Å². The first kappa shape index (κ1) is 23.3. The largest absolute Gasteiger partial charge is 0.416 e. The summed E-state index contributed by atoms with van der Waals surface area (Å²) in [5, 5.41) is 2.93. The van der Waals surface area contributed by atoms with Crippen LogP contribution in [0.4, 0.5) is 18.9 Å². The van der Waals surface area contributed by atoms with E-state index in [0.717, 1.165) is 50.7 Å². The van der Waals surface area contributed by atoms with Gasteiger partial charge in [-0.15, -0.1) is 0 Å². The fraction of sp³-hybridized carbons (Fsp3) is 0.655. The topological polar surface area (TPSA) is 46.2 Å². The zero-order chi connectivity index (χ0) is 24.8. The second-order valence-electron chi connectivity index (χ2n) is 12.5. The number of amides is 1. The number of benzene rings is 1. The summed E-state index contributed by atoms with van der Waals surface area (Å²) in [6.45, 7) is 4.70. The highest BCUT2D eigenvalue weighted by Crippen LogP contribution is 2.74. The highest BCUT2D eigenvalue weighted by Gasteiger charge is 2.66. The monoisotopic (exact) mass is 485 g/mol. The van der Waals surface area contributed by atoms with Crippen LogP contribution < -0.4 is 5.32 Å². The van der Waals surface area contributed by atoms with Gasteiger partial charge in [-0.1, -0.05) is 19.4 Å². The summed E-state index contributed by atoms with van der Waals surface area (Å²) in [5.74, 6) is 1.75. The van der Waals surface area contributed by atoms with Crippen LogP contribution in [0.2, 0.25) is 0 Å². The van der Waals surface area contributed by atoms with E-state index >= 15 is 0 Å². The van der Waals surface area contributed by atoms with Crippen LogP contribution in [-0.2, 0) is 15.8 Å². The van der Waals surface area contributed by atoms with Crippen LogP contribution in [0.3, 0.4) is 0 Å². The van der Waals surface area contributed by atoms with Crippen molar-refractivity contribution in [2.24, 2.45) is 39.9 Å². The molecule has 0 saturated heterocycles. The van der Waals surface area contributed by atoms with Crippen LogP contribution in [0.15, 0.2) is 35.9 Å². The van der Waals surface area contributed by atoms with E-state index in [9.17, 15) is 22.8 Å². The van der Waals surface area contributed by atoms with E-state index in [1.807, 2.05) is 6.08 Å². The molecule has 0 bridgehead atoms. The Kier molecular flexibility index (Phi) is 4.96. The number of ketones is 1. The smallest absolute Gasteiger partial charge is 0.326 e. The number of nitrogens with one attached hydrogen (secondary N) is 1. The van der Waals surface area contributed by atoms with Crippen molar-refractivity contribution in [3.8, 4) is 0 Å². The first-order chi connectivity index (χ1) is 16.5. The van der Waals surface area contributed by atoms with Crippen LogP contribution >= 0.6 is 0 Å². The number of anilines is 1. The SMILES string of the molecule is C[C@]12CCC(=O)C=C1C1(CC1)CC1C2CC[C@@]2(C)C1CC[C@@H]2C(=O)Nc1ccc(C(F)(F)F)cc1. The lowest BCUT2D eigenvalue weighted by Gasteiger charge is -2.60. The summed E-state index contributed by atoms with van der Waals surface area (Å²) in [5.41, 5.74) is 1.39. The molecule has 1 aromatic rings. The highest BCUT2D eigenvalue weighted by molar-refractivity contribution is 5.93. The van der Waals surface area contributed by atoms with E-state index in [1.165, 1.54) is 30.5 Å². The summed E-state index contributed by atoms with van der Waals surface area (Å²) in [7, 11) is 0. The summed E-state index contributed by atoms with van der Waals surface area (Å²) >= 11 is 0. The molecule has 3 nitrogen and oxygen atoms in total. The number of hydrogen-bond acceptors (Lipinski definition) is 2. The van der Waals surface area contributed by atoms with Crippen molar-refractivity contribution in [2.45, 2.75) is 77.8 Å². The molecule has 1 amide bonds. The molecule has 35 heavy (non-hydrogen) atoms. The van der Waals surface area contributed by atoms with Crippen molar-refractivity contribution in [3.05, 3.63) is 41.5 Å². The predicted octanol–water partition coefficient (Wildman–Crippen LogP) is 7.18. The molecule has 0 aromatic heterocycles. The Bertz CT molecular complexity index is 1100. The third-order valence-corrected chi connectivity index (χ3v) is 10.9. The van der Waals surface area contributed by atoms with Crippen molar-refractivity contribution in [1.29, 1.82) is 0 Å². The van der Waals surface area contributed by atoms with Gasteiger partial charge in [-0.2, -0.15) is 13.2 Å². The molecule has 3 unspecified atom stereocenters. The van der Waals surface area contributed by atoms with Crippen LogP contribution in [-0.4, -0.2) is 11.7 Å². The average Bonchev–Trinajstić information content (AvgIpc) is 3.47. The van der Waals surface area contributed by atoms with Crippen molar-refractivity contribution in [1.82, 2.24) is 0 Å². The van der Waals surface area contributed by atoms with Crippen molar-refractivity contribution in [2.75, 3.05) is 5.32 Å². The van der Waals surface area contributed by atoms with E-state index in [4.69, 9.17) is 0 Å². The first-order valence-electron chi connectivity index (χ1n) is 13.2. The lowest BCUT2D eigenvalue weighted by Crippen LogP contribution is -2.53. The van der Waals surface area contributed by atoms with Crippen LogP contribution in [0.25, 0.3) is 0 Å². The molecule has 188 valence electrons. The minimum atomic E-state index is -4.39. The molecular formula is C29H34F3NO2. The van der Waals surface area contributed by atoms with E-state index in [-0.39, 0.29) is 28.1 Å². The molecule has 6 rings (SSSR count). The molecule has 1 spiro atoms. The molecule has 4 fully saturated rings. The molecule has 1 N–H and O–H groups in total. The van der Waals surface area contributed by atoms with Crippen LogP contribution in [0.1, 0.15) is 77.2 Å². The number of alkyl halides is 3. The van der Waals surface area contributed by atoms with Gasteiger partial charge in [0.25, 0.3) is 0 Å². The van der Waals surface area contributed by atoms with Crippen LogP contribution in [0, 0.1) is 39.9 Å². The second-order valence-corrected chi connectivity index (χ2v) is 12.5. The minimum absolute atomic E-state index is 0.0554. The summed E-state index contributed by atoms with van der Waals surface area (Å²) < 4.78 is 38.7. The quantitative estimate of drug-likeness (QED) is 0.482. The van der Waals surface area contributed by atoms with Gasteiger partial charge in [0.2, 0.25) is 5.91 Å². The maximum atomic E-state index is 13.4. The Labute approximate surface area is 204 Å². The molecule has 6 heteroatoms. The lowest BCUT2D eigenvalue weighted by atomic mass is 9.44. The first-order valence-corrected chi connectivity index (χ1v) is 13.2. The molecule has 5 aliphatic carbocycles. The van der Waals surface area contributed by atoms with E-state index in [0.29, 0.717) is 35.6 Å². The van der Waals surface area contributed by atoms with E-state index < -0.39 is 11.7 Å². The Morgan fingerprint density at radius 1 is 0.971 bits per heavy atom. The second kappa shape index (κ2) is 7.45. The molecule has 4 saturated carbocycles. The van der Waals surface area contributed by atoms with E-state index in [2.05, 4.69) is 19.2 Å². The average molecular weight is 486 g/mol. The van der Waals surface area contributed by atoms with Gasteiger partial charge in [0.05, 0.1) is 5.56 Å². The fourth-order valence-corrected chi connectivity index (χ4v) is 9.01. The fourth-order valence-electron chi connectivity index (χ4n) is 9.01. The van der Waals surface area contributed by atoms with Gasteiger partial charge in [0, 0.05) is 18.0 Å². The number of hydrogen-bond donors (Lipinski definition) is 1. The van der Waals surface area contributed by atoms with Gasteiger partial charge >= 0.3 is 6.18 Å². The standard InChI is InChI=1S/C29H34F3NO2/c1-26-12-10-22-20(16-28(13-14-28)24-15-19(34)9-11-27(22,24)2)21(26)7-8-23(26)25(35)33-18-5-3-17(4-6-18)29(30,31)32/h3-6,15,20-23H,7-14,16H2,1-2H3,(H,33,35)/t20?,21?,22?,23-,26+,27-/m1/s1. The molecule has 1 aromatic carbocycles. The summed E-state index contributed by atoms with van der Waals surface area (Å²) in [6.07, 6.45) is 6.71. The number of fused-ring (bicyclic) bond motifs is 6. The summed E-state index contributed by atoms with van der Waals surface area (Å²) in [6, 6.07) is 4.75. The van der Waals surface area contributed by atoms with Gasteiger partial charge in [0.1, 0.15) is 0 Å². The zero-order valence-corrected chi connectivity index (χ0v) is 20.5. The zero-order valence-electron chi connectivity index (χ0n) is 20.5. The van der Waals surface area contributed by atoms with Crippen molar-refractivity contribution >= 4 is 17.4 Å². The Hall–Kier alpha value is -2.11. The Morgan fingerprint density at radius 2 is 1.69 bits per heavy atom. The predicted molar refractivity (Wildman–Crippen MR) is 127 cm³/mol. The third kappa shape index (κ3) is 3.45. The molecular weight excluding hydrogens is 451 g/mol. The molecule has 0 heterocycles. The third-order valence-electron chi connectivity index (χ3n) is 10.9. The number of rotatable bonds is 2. The highest BCUT2D eigenvalue weighted by atomic mass is 19.4.